The van der Waals surface area contributed by atoms with Crippen molar-refractivity contribution in [3.8, 4) is 0 Å². The average molecular weight is 355 g/mol. The minimum Gasteiger partial charge on any atom is -0.545 e. The highest BCUT2D eigenvalue weighted by molar-refractivity contribution is 7.14. The topological polar surface area (TPSA) is 81.6 Å². The number of nitrogens with zero attached hydrogens (tertiary/aromatic N) is 1. The van der Waals surface area contributed by atoms with Gasteiger partial charge in [-0.2, -0.15) is 5.10 Å². The Labute approximate surface area is 150 Å². The number of aryl methyl sites for hydroxylation is 1. The second-order valence-corrected chi connectivity index (χ2v) is 7.32. The van der Waals surface area contributed by atoms with Crippen molar-refractivity contribution in [1.82, 2.24) is 5.43 Å². The molecule has 6 heteroatoms. The van der Waals surface area contributed by atoms with Crippen LogP contribution >= 0.6 is 11.3 Å². The summed E-state index contributed by atoms with van der Waals surface area (Å²) in [5.74, 6) is -0.709. The number of rotatable bonds is 5. The first-order chi connectivity index (χ1) is 12.1. The number of hydrogen-bond donors (Lipinski definition) is 1. The van der Waals surface area contributed by atoms with Crippen LogP contribution in [0, 0.1) is 5.92 Å². The summed E-state index contributed by atoms with van der Waals surface area (Å²) in [6, 6.07) is 8.08. The first kappa shape index (κ1) is 17.4. The van der Waals surface area contributed by atoms with Crippen LogP contribution in [-0.2, 0) is 12.8 Å². The van der Waals surface area contributed by atoms with E-state index in [0.717, 1.165) is 18.8 Å². The van der Waals surface area contributed by atoms with Crippen LogP contribution in [0.4, 0.5) is 0 Å². The number of benzene rings is 1. The molecule has 130 valence electrons. The number of carbonyl (C=O) groups is 2. The number of fused-ring (bicyclic) bond motifs is 1. The first-order valence-corrected chi connectivity index (χ1v) is 9.15. The summed E-state index contributed by atoms with van der Waals surface area (Å²) in [7, 11) is 0. The number of aromatic carboxylic acids is 1. The number of carbonyl (C=O) groups excluding carboxylic acids is 2. The molecule has 1 aliphatic carbocycles. The van der Waals surface area contributed by atoms with Crippen LogP contribution in [0.3, 0.4) is 0 Å². The van der Waals surface area contributed by atoms with Crippen LogP contribution in [0.1, 0.15) is 55.8 Å². The molecule has 1 aliphatic rings. The summed E-state index contributed by atoms with van der Waals surface area (Å²) in [5.41, 5.74) is 4.64. The van der Waals surface area contributed by atoms with Crippen LogP contribution in [-0.4, -0.2) is 18.1 Å². The highest BCUT2D eigenvalue weighted by Crippen LogP contribution is 2.33. The first-order valence-electron chi connectivity index (χ1n) is 8.33. The Morgan fingerprint density at radius 1 is 1.36 bits per heavy atom. The molecule has 25 heavy (non-hydrogen) atoms. The van der Waals surface area contributed by atoms with E-state index in [4.69, 9.17) is 0 Å². The normalized spacial score (nSPS) is 16.6. The molecule has 0 radical (unpaired) electrons. The van der Waals surface area contributed by atoms with Crippen molar-refractivity contribution in [2.75, 3.05) is 0 Å². The van der Waals surface area contributed by atoms with Crippen LogP contribution in [0.15, 0.2) is 35.4 Å². The van der Waals surface area contributed by atoms with E-state index >= 15 is 0 Å². The van der Waals surface area contributed by atoms with Crippen molar-refractivity contribution in [2.45, 2.75) is 32.6 Å². The van der Waals surface area contributed by atoms with Gasteiger partial charge in [0.15, 0.2) is 0 Å². The van der Waals surface area contributed by atoms with E-state index in [2.05, 4.69) is 17.5 Å². The lowest BCUT2D eigenvalue weighted by molar-refractivity contribution is -0.255. The van der Waals surface area contributed by atoms with Crippen molar-refractivity contribution in [3.63, 3.8) is 0 Å². The van der Waals surface area contributed by atoms with Gasteiger partial charge >= 0.3 is 0 Å². The van der Waals surface area contributed by atoms with Gasteiger partial charge < -0.3 is 9.90 Å². The summed E-state index contributed by atoms with van der Waals surface area (Å²) < 4.78 is 0. The van der Waals surface area contributed by atoms with Gasteiger partial charge in [0, 0.05) is 4.88 Å². The number of hydrogen-bond acceptors (Lipinski definition) is 5. The lowest BCUT2D eigenvalue weighted by Crippen LogP contribution is -2.22. The fraction of sp³-hybridized carbons (Fsp3) is 0.316. The van der Waals surface area contributed by atoms with Crippen LogP contribution in [0.25, 0.3) is 0 Å². The third-order valence-corrected chi connectivity index (χ3v) is 5.75. The second-order valence-electron chi connectivity index (χ2n) is 6.18. The molecule has 2 aromatic rings. The van der Waals surface area contributed by atoms with E-state index in [9.17, 15) is 14.7 Å². The van der Waals surface area contributed by atoms with E-state index in [1.54, 1.807) is 23.5 Å². The molecule has 0 bridgehead atoms. The number of amides is 1. The molecule has 0 unspecified atom stereocenters. The smallest absolute Gasteiger partial charge is 0.281 e. The van der Waals surface area contributed by atoms with Gasteiger partial charge in [0.1, 0.15) is 0 Å². The maximum Gasteiger partial charge on any atom is 0.281 e. The molecule has 0 aliphatic heterocycles. The molecule has 3 rings (SSSR count). The monoisotopic (exact) mass is 355 g/mol. The SMILES string of the molecule is CC[C@H]1CCc2sc(C(=O)N/N=C\c3ccc(C(=O)[O-])cc3)cc2C1. The van der Waals surface area contributed by atoms with E-state index in [0.29, 0.717) is 10.4 Å². The highest BCUT2D eigenvalue weighted by atomic mass is 32.1. The third kappa shape index (κ3) is 4.14. The van der Waals surface area contributed by atoms with Gasteiger partial charge in [-0.3, -0.25) is 4.79 Å². The molecule has 1 amide bonds. The van der Waals surface area contributed by atoms with Gasteiger partial charge in [-0.15, -0.1) is 11.3 Å². The van der Waals surface area contributed by atoms with Gasteiger partial charge in [0.25, 0.3) is 5.91 Å². The lowest BCUT2D eigenvalue weighted by atomic mass is 9.87. The quantitative estimate of drug-likeness (QED) is 0.660. The number of carboxylic acid groups (broad SMARTS) is 1. The fourth-order valence-electron chi connectivity index (χ4n) is 2.99. The van der Waals surface area contributed by atoms with Crippen molar-refractivity contribution in [3.05, 3.63) is 56.8 Å². The number of hydrazone groups is 1. The molecular weight excluding hydrogens is 336 g/mol. The Kier molecular flexibility index (Phi) is 5.28. The Balaban J connectivity index is 1.61. The average Bonchev–Trinajstić information content (AvgIpc) is 3.05. The Morgan fingerprint density at radius 2 is 2.12 bits per heavy atom. The summed E-state index contributed by atoms with van der Waals surface area (Å²) >= 11 is 1.55. The van der Waals surface area contributed by atoms with Gasteiger partial charge in [0.2, 0.25) is 0 Å². The minimum atomic E-state index is -1.22. The van der Waals surface area contributed by atoms with Crippen LogP contribution < -0.4 is 10.5 Å². The van der Waals surface area contributed by atoms with Gasteiger partial charge in [-0.05, 0) is 47.9 Å². The van der Waals surface area contributed by atoms with Crippen molar-refractivity contribution in [1.29, 1.82) is 0 Å². The van der Waals surface area contributed by atoms with E-state index < -0.39 is 5.97 Å². The number of nitrogens with one attached hydrogen (secondary N) is 1. The maximum absolute atomic E-state index is 12.2. The van der Waals surface area contributed by atoms with Gasteiger partial charge in [-0.1, -0.05) is 37.6 Å². The Hall–Kier alpha value is -2.47. The Bertz CT molecular complexity index is 809. The van der Waals surface area contributed by atoms with Crippen molar-refractivity contribution < 1.29 is 14.7 Å². The standard InChI is InChI=1S/C19H20N2O3S/c1-2-12-5-8-16-15(9-12)10-17(25-16)18(22)21-20-11-13-3-6-14(7-4-13)19(23)24/h3-4,6-7,10-12H,2,5,8-9H2,1H3,(H,21,22)(H,23,24)/p-1/b20-11-/t12-/m0/s1. The fourth-order valence-corrected chi connectivity index (χ4v) is 4.08. The molecule has 1 aromatic carbocycles. The van der Waals surface area contributed by atoms with E-state index in [-0.39, 0.29) is 11.5 Å². The van der Waals surface area contributed by atoms with Crippen molar-refractivity contribution >= 4 is 29.4 Å². The van der Waals surface area contributed by atoms with Gasteiger partial charge in [-0.25, -0.2) is 5.43 Å². The molecule has 1 aromatic heterocycles. The molecule has 1 heterocycles. The zero-order valence-corrected chi connectivity index (χ0v) is 14.8. The highest BCUT2D eigenvalue weighted by Gasteiger charge is 2.21. The summed E-state index contributed by atoms with van der Waals surface area (Å²) in [6.45, 7) is 2.21. The molecule has 0 fully saturated rings. The molecular formula is C19H19N2O3S-. The predicted molar refractivity (Wildman–Crippen MR) is 96.0 cm³/mol. The molecule has 0 spiro atoms. The third-order valence-electron chi connectivity index (χ3n) is 4.51. The zero-order valence-electron chi connectivity index (χ0n) is 14.0. The zero-order chi connectivity index (χ0) is 17.8. The second kappa shape index (κ2) is 7.61. The summed E-state index contributed by atoms with van der Waals surface area (Å²) in [6.07, 6.45) is 5.98. The van der Waals surface area contributed by atoms with Crippen LogP contribution in [0.5, 0.6) is 0 Å². The van der Waals surface area contributed by atoms with Crippen molar-refractivity contribution in [2.24, 2.45) is 11.0 Å². The molecule has 0 saturated heterocycles. The van der Waals surface area contributed by atoms with E-state index in [1.807, 2.05) is 6.07 Å². The molecule has 1 atom stereocenters. The molecule has 1 N–H and O–H groups in total. The van der Waals surface area contributed by atoms with E-state index in [1.165, 1.54) is 41.6 Å². The maximum atomic E-state index is 12.2. The predicted octanol–water partition coefficient (Wildman–Crippen LogP) is 2.39. The van der Waals surface area contributed by atoms with Crippen LogP contribution in [0.2, 0.25) is 0 Å². The lowest BCUT2D eigenvalue weighted by Gasteiger charge is -2.19. The number of thiophene rings is 1. The van der Waals surface area contributed by atoms with Gasteiger partial charge in [0.05, 0.1) is 17.1 Å². The number of carboxylic acids is 1. The minimum absolute atomic E-state index is 0.107. The largest absolute Gasteiger partial charge is 0.545 e. The Morgan fingerprint density at radius 3 is 2.80 bits per heavy atom. The summed E-state index contributed by atoms with van der Waals surface area (Å²) in [5, 5.41) is 14.6. The molecule has 0 saturated carbocycles. The summed E-state index contributed by atoms with van der Waals surface area (Å²) in [4.78, 5) is 24.9. The molecule has 5 nitrogen and oxygen atoms in total.